The highest BCUT2D eigenvalue weighted by molar-refractivity contribution is 14.0. The van der Waals surface area contributed by atoms with Crippen molar-refractivity contribution in [1.29, 1.82) is 0 Å². The summed E-state index contributed by atoms with van der Waals surface area (Å²) in [6.45, 7) is 8.68. The van der Waals surface area contributed by atoms with Crippen molar-refractivity contribution in [3.05, 3.63) is 59.4 Å². The third-order valence-corrected chi connectivity index (χ3v) is 4.18. The molecule has 2 rings (SSSR count). The van der Waals surface area contributed by atoms with Crippen LogP contribution in [0.4, 0.5) is 10.1 Å². The van der Waals surface area contributed by atoms with Crippen molar-refractivity contribution in [1.82, 2.24) is 10.6 Å². The zero-order valence-corrected chi connectivity index (χ0v) is 20.1. The summed E-state index contributed by atoms with van der Waals surface area (Å²) < 4.78 is 19.5. The first-order valence-electron chi connectivity index (χ1n) is 9.70. The fraction of sp³-hybridized carbons (Fsp3) is 0.364. The molecule has 0 saturated heterocycles. The predicted molar refractivity (Wildman–Crippen MR) is 130 cm³/mol. The van der Waals surface area contributed by atoms with Gasteiger partial charge < -0.3 is 20.7 Å². The molecule has 0 fully saturated rings. The standard InChI is InChI=1S/C22H29FN4O2.HI/c1-5-24-22(26-16(3)18-10-9-15(2)21(23)13-18)25-11-12-29-20-8-6-7-19(14-20)27-17(4)28;/h6-10,13-14,16H,5,11-12H2,1-4H3,(H,27,28)(H2,24,25,26);1H. The number of ether oxygens (including phenoxy) is 1. The molecule has 2 aromatic rings. The molecule has 0 saturated carbocycles. The molecule has 1 atom stereocenters. The molecular weight excluding hydrogens is 498 g/mol. The van der Waals surface area contributed by atoms with E-state index in [-0.39, 0.29) is 41.7 Å². The molecule has 164 valence electrons. The minimum absolute atomic E-state index is 0. The number of aliphatic imine (C=N–C) groups is 1. The molecular formula is C22H30FIN4O2. The van der Waals surface area contributed by atoms with Crippen LogP contribution in [0.3, 0.4) is 0 Å². The van der Waals surface area contributed by atoms with Gasteiger partial charge in [0.15, 0.2) is 5.96 Å². The lowest BCUT2D eigenvalue weighted by molar-refractivity contribution is -0.114. The van der Waals surface area contributed by atoms with E-state index in [1.54, 1.807) is 31.2 Å². The number of nitrogens with zero attached hydrogens (tertiary/aromatic N) is 1. The Balaban J connectivity index is 0.00000450. The van der Waals surface area contributed by atoms with Crippen LogP contribution in [0.15, 0.2) is 47.5 Å². The van der Waals surface area contributed by atoms with E-state index in [0.717, 1.165) is 5.56 Å². The van der Waals surface area contributed by atoms with Crippen LogP contribution in [0.5, 0.6) is 5.75 Å². The summed E-state index contributed by atoms with van der Waals surface area (Å²) in [7, 11) is 0. The van der Waals surface area contributed by atoms with Gasteiger partial charge in [-0.15, -0.1) is 24.0 Å². The second-order valence-electron chi connectivity index (χ2n) is 6.69. The van der Waals surface area contributed by atoms with Gasteiger partial charge in [-0.2, -0.15) is 0 Å². The molecule has 0 spiro atoms. The SMILES string of the molecule is CCNC(=NCCOc1cccc(NC(C)=O)c1)NC(C)c1ccc(C)c(F)c1.I. The molecule has 2 aromatic carbocycles. The third kappa shape index (κ3) is 8.56. The second kappa shape index (κ2) is 13.0. The lowest BCUT2D eigenvalue weighted by Gasteiger charge is -2.18. The summed E-state index contributed by atoms with van der Waals surface area (Å²) in [6, 6.07) is 12.3. The Labute approximate surface area is 194 Å². The van der Waals surface area contributed by atoms with Crippen LogP contribution in [0.1, 0.15) is 37.9 Å². The first-order valence-corrected chi connectivity index (χ1v) is 9.70. The molecule has 0 aliphatic rings. The third-order valence-electron chi connectivity index (χ3n) is 4.18. The van der Waals surface area contributed by atoms with Crippen LogP contribution in [0.2, 0.25) is 0 Å². The van der Waals surface area contributed by atoms with Crippen molar-refractivity contribution in [2.75, 3.05) is 25.0 Å². The summed E-state index contributed by atoms with van der Waals surface area (Å²) in [5.41, 5.74) is 2.17. The van der Waals surface area contributed by atoms with Gasteiger partial charge in [0.2, 0.25) is 5.91 Å². The van der Waals surface area contributed by atoms with Gasteiger partial charge in [-0.25, -0.2) is 9.38 Å². The van der Waals surface area contributed by atoms with E-state index in [2.05, 4.69) is 20.9 Å². The Morgan fingerprint density at radius 2 is 2.00 bits per heavy atom. The first-order chi connectivity index (χ1) is 13.9. The molecule has 8 heteroatoms. The maximum Gasteiger partial charge on any atom is 0.221 e. The van der Waals surface area contributed by atoms with Crippen LogP contribution in [0, 0.1) is 12.7 Å². The van der Waals surface area contributed by atoms with Crippen molar-refractivity contribution in [2.45, 2.75) is 33.7 Å². The zero-order chi connectivity index (χ0) is 21.2. The van der Waals surface area contributed by atoms with Crippen molar-refractivity contribution < 1.29 is 13.9 Å². The van der Waals surface area contributed by atoms with E-state index >= 15 is 0 Å². The van der Waals surface area contributed by atoms with E-state index in [1.165, 1.54) is 6.92 Å². The number of aryl methyl sites for hydroxylation is 1. The molecule has 0 aliphatic carbocycles. The highest BCUT2D eigenvalue weighted by Crippen LogP contribution is 2.17. The van der Waals surface area contributed by atoms with Crippen LogP contribution in [-0.4, -0.2) is 31.6 Å². The number of carbonyl (C=O) groups excluding carboxylic acids is 1. The number of amides is 1. The number of rotatable bonds is 8. The van der Waals surface area contributed by atoms with E-state index in [0.29, 0.717) is 42.7 Å². The number of nitrogens with one attached hydrogen (secondary N) is 3. The fourth-order valence-electron chi connectivity index (χ4n) is 2.67. The molecule has 1 amide bonds. The lowest BCUT2D eigenvalue weighted by Crippen LogP contribution is -2.39. The lowest BCUT2D eigenvalue weighted by atomic mass is 10.1. The fourth-order valence-corrected chi connectivity index (χ4v) is 2.67. The highest BCUT2D eigenvalue weighted by Gasteiger charge is 2.09. The van der Waals surface area contributed by atoms with Crippen LogP contribution >= 0.6 is 24.0 Å². The zero-order valence-electron chi connectivity index (χ0n) is 17.8. The van der Waals surface area contributed by atoms with E-state index in [1.807, 2.05) is 32.0 Å². The summed E-state index contributed by atoms with van der Waals surface area (Å²) >= 11 is 0. The highest BCUT2D eigenvalue weighted by atomic mass is 127. The van der Waals surface area contributed by atoms with Crippen molar-refractivity contribution >= 4 is 41.5 Å². The Kier molecular flexibility index (Phi) is 11.2. The quantitative estimate of drug-likeness (QED) is 0.206. The van der Waals surface area contributed by atoms with Gasteiger partial charge in [-0.3, -0.25) is 4.79 Å². The van der Waals surface area contributed by atoms with Gasteiger partial charge >= 0.3 is 0 Å². The Hall–Kier alpha value is -2.36. The summed E-state index contributed by atoms with van der Waals surface area (Å²) in [5.74, 6) is 0.952. The molecule has 30 heavy (non-hydrogen) atoms. The molecule has 0 radical (unpaired) electrons. The molecule has 0 aromatic heterocycles. The number of hydrogen-bond donors (Lipinski definition) is 3. The average molecular weight is 528 g/mol. The topological polar surface area (TPSA) is 74.8 Å². The molecule has 3 N–H and O–H groups in total. The van der Waals surface area contributed by atoms with Gasteiger partial charge in [0.1, 0.15) is 18.2 Å². The van der Waals surface area contributed by atoms with Crippen LogP contribution in [0.25, 0.3) is 0 Å². The Morgan fingerprint density at radius 1 is 1.23 bits per heavy atom. The smallest absolute Gasteiger partial charge is 0.221 e. The van der Waals surface area contributed by atoms with Crippen molar-refractivity contribution in [3.63, 3.8) is 0 Å². The number of anilines is 1. The van der Waals surface area contributed by atoms with Gasteiger partial charge in [-0.05, 0) is 50.1 Å². The number of hydrogen-bond acceptors (Lipinski definition) is 3. The molecule has 0 bridgehead atoms. The van der Waals surface area contributed by atoms with Gasteiger partial charge in [-0.1, -0.05) is 18.2 Å². The Bertz CT molecular complexity index is 861. The monoisotopic (exact) mass is 528 g/mol. The minimum atomic E-state index is -0.215. The molecule has 1 unspecified atom stereocenters. The minimum Gasteiger partial charge on any atom is -0.492 e. The van der Waals surface area contributed by atoms with Gasteiger partial charge in [0.05, 0.1) is 12.6 Å². The van der Waals surface area contributed by atoms with E-state index in [4.69, 9.17) is 4.74 Å². The second-order valence-corrected chi connectivity index (χ2v) is 6.69. The Morgan fingerprint density at radius 3 is 2.67 bits per heavy atom. The predicted octanol–water partition coefficient (Wildman–Crippen LogP) is 4.41. The van der Waals surface area contributed by atoms with E-state index < -0.39 is 0 Å². The number of halogens is 2. The number of carbonyl (C=O) groups is 1. The maximum atomic E-state index is 13.8. The first kappa shape index (κ1) is 25.7. The molecule has 0 heterocycles. The van der Waals surface area contributed by atoms with Crippen LogP contribution in [-0.2, 0) is 4.79 Å². The maximum absolute atomic E-state index is 13.8. The van der Waals surface area contributed by atoms with Gasteiger partial charge in [0, 0.05) is 25.2 Å². The average Bonchev–Trinajstić information content (AvgIpc) is 2.67. The van der Waals surface area contributed by atoms with Crippen molar-refractivity contribution in [2.24, 2.45) is 4.99 Å². The summed E-state index contributed by atoms with van der Waals surface area (Å²) in [4.78, 5) is 15.7. The van der Waals surface area contributed by atoms with Crippen LogP contribution < -0.4 is 20.7 Å². The number of benzene rings is 2. The summed E-state index contributed by atoms with van der Waals surface area (Å²) in [6.07, 6.45) is 0. The van der Waals surface area contributed by atoms with E-state index in [9.17, 15) is 9.18 Å². The van der Waals surface area contributed by atoms with Gasteiger partial charge in [0.25, 0.3) is 0 Å². The molecule has 0 aliphatic heterocycles. The van der Waals surface area contributed by atoms with Crippen molar-refractivity contribution in [3.8, 4) is 5.75 Å². The largest absolute Gasteiger partial charge is 0.492 e. The summed E-state index contributed by atoms with van der Waals surface area (Å²) in [5, 5.41) is 9.18. The molecule has 6 nitrogen and oxygen atoms in total. The normalized spacial score (nSPS) is 11.8. The number of guanidine groups is 1.